The van der Waals surface area contributed by atoms with Gasteiger partial charge in [-0.25, -0.2) is 0 Å². The quantitative estimate of drug-likeness (QED) is 0.826. The first-order valence-electron chi connectivity index (χ1n) is 6.02. The Hall–Kier alpha value is -2.30. The van der Waals surface area contributed by atoms with Crippen LogP contribution in [0.25, 0.3) is 0 Å². The number of nitriles is 1. The summed E-state index contributed by atoms with van der Waals surface area (Å²) in [7, 11) is 1.69. The van der Waals surface area contributed by atoms with Crippen molar-refractivity contribution in [3.8, 4) is 17.9 Å². The van der Waals surface area contributed by atoms with Crippen molar-refractivity contribution in [1.29, 1.82) is 5.26 Å². The third-order valence-electron chi connectivity index (χ3n) is 2.58. The standard InChI is InChI=1S/C15H17N3O/c1-12(10-17)11-18(2)15(19)14-7-5-13(6-8-14)4-3-9-16/h5-8,12H,9,11,16H2,1-2H3. The summed E-state index contributed by atoms with van der Waals surface area (Å²) in [6.07, 6.45) is 0. The Morgan fingerprint density at radius 1 is 1.42 bits per heavy atom. The molecule has 0 radical (unpaired) electrons. The molecule has 0 aliphatic carbocycles. The summed E-state index contributed by atoms with van der Waals surface area (Å²) in [5.74, 6) is 5.38. The van der Waals surface area contributed by atoms with Crippen molar-refractivity contribution in [3.05, 3.63) is 35.4 Å². The number of carbonyl (C=O) groups is 1. The van der Waals surface area contributed by atoms with E-state index in [1.807, 2.05) is 0 Å². The molecular weight excluding hydrogens is 238 g/mol. The number of carbonyl (C=O) groups excluding carboxylic acids is 1. The highest BCUT2D eigenvalue weighted by Gasteiger charge is 2.13. The molecule has 4 heteroatoms. The Morgan fingerprint density at radius 3 is 2.58 bits per heavy atom. The van der Waals surface area contributed by atoms with E-state index in [1.165, 1.54) is 0 Å². The fourth-order valence-corrected chi connectivity index (χ4v) is 1.60. The first-order valence-corrected chi connectivity index (χ1v) is 6.02. The summed E-state index contributed by atoms with van der Waals surface area (Å²) in [6, 6.07) is 9.15. The molecule has 4 nitrogen and oxygen atoms in total. The van der Waals surface area contributed by atoms with Gasteiger partial charge in [0.1, 0.15) is 0 Å². The highest BCUT2D eigenvalue weighted by Crippen LogP contribution is 2.07. The molecule has 2 N–H and O–H groups in total. The van der Waals surface area contributed by atoms with Crippen molar-refractivity contribution in [1.82, 2.24) is 4.90 Å². The van der Waals surface area contributed by atoms with Crippen LogP contribution >= 0.6 is 0 Å². The highest BCUT2D eigenvalue weighted by atomic mass is 16.2. The molecule has 1 amide bonds. The number of amides is 1. The monoisotopic (exact) mass is 255 g/mol. The van der Waals surface area contributed by atoms with E-state index in [0.29, 0.717) is 18.7 Å². The predicted molar refractivity (Wildman–Crippen MR) is 74.1 cm³/mol. The van der Waals surface area contributed by atoms with Crippen LogP contribution in [0.3, 0.4) is 0 Å². The Balaban J connectivity index is 2.75. The zero-order valence-corrected chi connectivity index (χ0v) is 11.2. The molecule has 1 atom stereocenters. The van der Waals surface area contributed by atoms with Crippen LogP contribution in [0.4, 0.5) is 0 Å². The number of rotatable bonds is 3. The lowest BCUT2D eigenvalue weighted by Gasteiger charge is -2.18. The van der Waals surface area contributed by atoms with E-state index in [2.05, 4.69) is 17.9 Å². The van der Waals surface area contributed by atoms with Crippen LogP contribution in [-0.4, -0.2) is 30.9 Å². The van der Waals surface area contributed by atoms with Gasteiger partial charge in [-0.15, -0.1) is 0 Å². The van der Waals surface area contributed by atoms with Gasteiger partial charge >= 0.3 is 0 Å². The van der Waals surface area contributed by atoms with E-state index < -0.39 is 0 Å². The van der Waals surface area contributed by atoms with E-state index in [4.69, 9.17) is 11.0 Å². The van der Waals surface area contributed by atoms with E-state index in [9.17, 15) is 4.79 Å². The minimum atomic E-state index is -0.177. The average molecular weight is 255 g/mol. The number of benzene rings is 1. The molecule has 1 rings (SSSR count). The average Bonchev–Trinajstić information content (AvgIpc) is 2.44. The number of nitrogens with zero attached hydrogens (tertiary/aromatic N) is 2. The van der Waals surface area contributed by atoms with E-state index >= 15 is 0 Å². The zero-order valence-electron chi connectivity index (χ0n) is 11.2. The molecule has 0 spiro atoms. The largest absolute Gasteiger partial charge is 0.340 e. The summed E-state index contributed by atoms with van der Waals surface area (Å²) >= 11 is 0. The fraction of sp³-hybridized carbons (Fsp3) is 0.333. The van der Waals surface area contributed by atoms with Gasteiger partial charge < -0.3 is 10.6 Å². The van der Waals surface area contributed by atoms with Gasteiger partial charge in [-0.05, 0) is 31.2 Å². The van der Waals surface area contributed by atoms with Gasteiger partial charge in [0.05, 0.1) is 18.5 Å². The second kappa shape index (κ2) is 7.20. The molecule has 98 valence electrons. The van der Waals surface area contributed by atoms with Gasteiger partial charge in [-0.1, -0.05) is 11.8 Å². The molecule has 0 aromatic heterocycles. The Morgan fingerprint density at radius 2 is 2.05 bits per heavy atom. The third-order valence-corrected chi connectivity index (χ3v) is 2.58. The Bertz CT molecular complexity index is 531. The van der Waals surface area contributed by atoms with Gasteiger partial charge in [0, 0.05) is 24.7 Å². The second-order valence-electron chi connectivity index (χ2n) is 4.30. The van der Waals surface area contributed by atoms with Gasteiger partial charge in [-0.3, -0.25) is 4.79 Å². The number of nitrogens with two attached hydrogens (primary N) is 1. The van der Waals surface area contributed by atoms with Crippen LogP contribution in [0.1, 0.15) is 22.8 Å². The van der Waals surface area contributed by atoms with E-state index in [1.54, 1.807) is 43.1 Å². The molecule has 0 heterocycles. The molecule has 1 unspecified atom stereocenters. The van der Waals surface area contributed by atoms with Crippen molar-refractivity contribution in [2.45, 2.75) is 6.92 Å². The molecule has 0 saturated heterocycles. The van der Waals surface area contributed by atoms with Crippen molar-refractivity contribution in [3.63, 3.8) is 0 Å². The van der Waals surface area contributed by atoms with Gasteiger partial charge in [-0.2, -0.15) is 5.26 Å². The first kappa shape index (κ1) is 14.8. The van der Waals surface area contributed by atoms with Crippen LogP contribution in [0.15, 0.2) is 24.3 Å². The molecule has 0 aliphatic rings. The first-order chi connectivity index (χ1) is 9.08. The van der Waals surface area contributed by atoms with Crippen molar-refractivity contribution < 1.29 is 4.79 Å². The highest BCUT2D eigenvalue weighted by molar-refractivity contribution is 5.94. The summed E-state index contributed by atoms with van der Waals surface area (Å²) in [6.45, 7) is 2.52. The summed E-state index contributed by atoms with van der Waals surface area (Å²) in [5, 5.41) is 8.74. The lowest BCUT2D eigenvalue weighted by molar-refractivity contribution is 0.0785. The molecule has 0 saturated carbocycles. The molecule has 1 aromatic carbocycles. The minimum Gasteiger partial charge on any atom is -0.340 e. The lowest BCUT2D eigenvalue weighted by Crippen LogP contribution is -2.30. The van der Waals surface area contributed by atoms with Crippen molar-refractivity contribution >= 4 is 5.91 Å². The van der Waals surface area contributed by atoms with Crippen molar-refractivity contribution in [2.75, 3.05) is 20.1 Å². The van der Waals surface area contributed by atoms with Crippen LogP contribution in [-0.2, 0) is 0 Å². The topological polar surface area (TPSA) is 70.1 Å². The zero-order chi connectivity index (χ0) is 14.3. The summed E-state index contributed by atoms with van der Waals surface area (Å²) in [5.41, 5.74) is 6.71. The second-order valence-corrected chi connectivity index (χ2v) is 4.30. The third kappa shape index (κ3) is 4.46. The maximum absolute atomic E-state index is 12.1. The summed E-state index contributed by atoms with van der Waals surface area (Å²) in [4.78, 5) is 13.6. The smallest absolute Gasteiger partial charge is 0.253 e. The molecule has 0 fully saturated rings. The van der Waals surface area contributed by atoms with E-state index in [-0.39, 0.29) is 11.8 Å². The van der Waals surface area contributed by atoms with Crippen LogP contribution in [0.2, 0.25) is 0 Å². The maximum Gasteiger partial charge on any atom is 0.253 e. The van der Waals surface area contributed by atoms with Crippen LogP contribution in [0, 0.1) is 29.1 Å². The fourth-order valence-electron chi connectivity index (χ4n) is 1.60. The lowest BCUT2D eigenvalue weighted by atomic mass is 10.1. The minimum absolute atomic E-state index is 0.0968. The molecule has 0 aliphatic heterocycles. The molecule has 19 heavy (non-hydrogen) atoms. The number of hydrogen-bond donors (Lipinski definition) is 1. The van der Waals surface area contributed by atoms with Crippen molar-refractivity contribution in [2.24, 2.45) is 11.7 Å². The Labute approximate surface area is 113 Å². The molecule has 1 aromatic rings. The van der Waals surface area contributed by atoms with Gasteiger partial charge in [0.15, 0.2) is 0 Å². The van der Waals surface area contributed by atoms with Gasteiger partial charge in [0.2, 0.25) is 0 Å². The van der Waals surface area contributed by atoms with Crippen LogP contribution < -0.4 is 5.73 Å². The summed E-state index contributed by atoms with van der Waals surface area (Å²) < 4.78 is 0. The molecule has 0 bridgehead atoms. The van der Waals surface area contributed by atoms with Gasteiger partial charge in [0.25, 0.3) is 5.91 Å². The SMILES string of the molecule is CC(C#N)CN(C)C(=O)c1ccc(C#CCN)cc1. The predicted octanol–water partition coefficient (Wildman–Crippen LogP) is 1.23. The van der Waals surface area contributed by atoms with E-state index in [0.717, 1.165) is 5.56 Å². The molecular formula is C15H17N3O. The Kier molecular flexibility index (Phi) is 5.60. The maximum atomic E-state index is 12.1. The van der Waals surface area contributed by atoms with Crippen LogP contribution in [0.5, 0.6) is 0 Å². The number of hydrogen-bond acceptors (Lipinski definition) is 3. The normalized spacial score (nSPS) is 10.8.